The number of nitrogens with zero attached hydrogens (tertiary/aromatic N) is 2. The summed E-state index contributed by atoms with van der Waals surface area (Å²) in [4.78, 5) is 36.5. The van der Waals surface area contributed by atoms with Crippen LogP contribution in [0.25, 0.3) is 0 Å². The van der Waals surface area contributed by atoms with Crippen LogP contribution in [-0.4, -0.2) is 31.0 Å². The normalized spacial score (nSPS) is 13.8. The van der Waals surface area contributed by atoms with Crippen LogP contribution in [0.1, 0.15) is 0 Å². The molecule has 1 aliphatic heterocycles. The zero-order valence-electron chi connectivity index (χ0n) is 14.8. The maximum absolute atomic E-state index is 12.8. The van der Waals surface area contributed by atoms with Gasteiger partial charge in [0, 0.05) is 18.2 Å². The Bertz CT molecular complexity index is 1020. The van der Waals surface area contributed by atoms with Crippen LogP contribution in [-0.2, 0) is 9.59 Å². The number of halogens is 1. The highest BCUT2D eigenvalue weighted by Gasteiger charge is 2.39. The summed E-state index contributed by atoms with van der Waals surface area (Å²) in [6, 6.07) is 10.0. The summed E-state index contributed by atoms with van der Waals surface area (Å²) < 4.78 is 10.4. The van der Waals surface area contributed by atoms with Gasteiger partial charge in [0.05, 0.1) is 30.5 Å². The molecule has 3 rings (SSSR count). The molecule has 0 saturated heterocycles. The van der Waals surface area contributed by atoms with Gasteiger partial charge in [-0.2, -0.15) is 0 Å². The Balaban J connectivity index is 1.96. The highest BCUT2D eigenvalue weighted by atomic mass is 35.5. The van der Waals surface area contributed by atoms with E-state index in [-0.39, 0.29) is 22.1 Å². The fourth-order valence-electron chi connectivity index (χ4n) is 2.64. The molecule has 28 heavy (non-hydrogen) atoms. The standard InChI is InChI=1S/C18H14ClN3O6/c1-27-12-6-7-14(28-2)13(9-12)20-16-15(19)17(23)21(18(16)24)10-4-3-5-11(8-10)22(25)26/h3-9,20H,1-2H3. The smallest absolute Gasteiger partial charge is 0.283 e. The first kappa shape index (κ1) is 19.2. The third-order valence-corrected chi connectivity index (χ3v) is 4.34. The first-order valence-corrected chi connectivity index (χ1v) is 8.27. The van der Waals surface area contributed by atoms with E-state index in [4.69, 9.17) is 21.1 Å². The summed E-state index contributed by atoms with van der Waals surface area (Å²) in [6.07, 6.45) is 0. The van der Waals surface area contributed by atoms with E-state index < -0.39 is 16.7 Å². The highest BCUT2D eigenvalue weighted by molar-refractivity contribution is 6.53. The molecule has 144 valence electrons. The number of hydrogen-bond donors (Lipinski definition) is 1. The van der Waals surface area contributed by atoms with Crippen LogP contribution in [0.3, 0.4) is 0 Å². The van der Waals surface area contributed by atoms with Crippen molar-refractivity contribution in [3.05, 3.63) is 63.3 Å². The molecule has 10 heteroatoms. The fraction of sp³-hybridized carbons (Fsp3) is 0.111. The Morgan fingerprint density at radius 1 is 1.07 bits per heavy atom. The molecule has 2 aromatic carbocycles. The van der Waals surface area contributed by atoms with Crippen molar-refractivity contribution in [1.82, 2.24) is 0 Å². The molecule has 0 unspecified atom stereocenters. The number of methoxy groups -OCH3 is 2. The van der Waals surface area contributed by atoms with Gasteiger partial charge in [-0.25, -0.2) is 4.90 Å². The Hall–Kier alpha value is -3.59. The second-order valence-electron chi connectivity index (χ2n) is 5.60. The van der Waals surface area contributed by atoms with Crippen LogP contribution < -0.4 is 19.7 Å². The molecule has 0 atom stereocenters. The third-order valence-electron chi connectivity index (χ3n) is 3.99. The summed E-state index contributed by atoms with van der Waals surface area (Å²) in [7, 11) is 2.92. The zero-order chi connectivity index (χ0) is 20.4. The quantitative estimate of drug-likeness (QED) is 0.448. The van der Waals surface area contributed by atoms with Gasteiger partial charge in [0.1, 0.15) is 22.2 Å². The van der Waals surface area contributed by atoms with Crippen molar-refractivity contribution < 1.29 is 24.0 Å². The van der Waals surface area contributed by atoms with Crippen LogP contribution in [0.15, 0.2) is 53.2 Å². The number of anilines is 2. The van der Waals surface area contributed by atoms with Crippen molar-refractivity contribution in [3.63, 3.8) is 0 Å². The second-order valence-corrected chi connectivity index (χ2v) is 5.98. The van der Waals surface area contributed by atoms with Gasteiger partial charge >= 0.3 is 0 Å². The fourth-order valence-corrected chi connectivity index (χ4v) is 2.85. The minimum Gasteiger partial charge on any atom is -0.497 e. The topological polar surface area (TPSA) is 111 Å². The molecular weight excluding hydrogens is 390 g/mol. The minimum absolute atomic E-state index is 0.0387. The summed E-state index contributed by atoms with van der Waals surface area (Å²) in [5, 5.41) is 13.4. The van der Waals surface area contributed by atoms with Crippen LogP contribution in [0, 0.1) is 10.1 Å². The molecule has 0 fully saturated rings. The van der Waals surface area contributed by atoms with E-state index in [1.165, 1.54) is 32.4 Å². The summed E-state index contributed by atoms with van der Waals surface area (Å²) >= 11 is 6.09. The predicted molar refractivity (Wildman–Crippen MR) is 102 cm³/mol. The van der Waals surface area contributed by atoms with E-state index in [1.807, 2.05) is 0 Å². The molecule has 2 amide bonds. The van der Waals surface area contributed by atoms with Gasteiger partial charge < -0.3 is 14.8 Å². The number of carbonyl (C=O) groups excluding carboxylic acids is 2. The van der Waals surface area contributed by atoms with E-state index in [0.29, 0.717) is 17.2 Å². The Morgan fingerprint density at radius 2 is 1.82 bits per heavy atom. The molecule has 9 nitrogen and oxygen atoms in total. The van der Waals surface area contributed by atoms with Gasteiger partial charge in [-0.3, -0.25) is 19.7 Å². The van der Waals surface area contributed by atoms with Gasteiger partial charge in [0.2, 0.25) is 0 Å². The number of nitro groups is 1. The average Bonchev–Trinajstić information content (AvgIpc) is 2.91. The van der Waals surface area contributed by atoms with Crippen LogP contribution >= 0.6 is 11.6 Å². The van der Waals surface area contributed by atoms with E-state index in [0.717, 1.165) is 11.0 Å². The molecule has 2 aromatic rings. The van der Waals surface area contributed by atoms with Gasteiger partial charge in [0.25, 0.3) is 17.5 Å². The Morgan fingerprint density at radius 3 is 2.46 bits per heavy atom. The summed E-state index contributed by atoms with van der Waals surface area (Å²) in [5.74, 6) is -0.656. The molecule has 1 heterocycles. The molecule has 1 N–H and O–H groups in total. The number of carbonyl (C=O) groups is 2. The predicted octanol–water partition coefficient (Wildman–Crippen LogP) is 3.05. The number of nitro benzene ring substituents is 1. The van der Waals surface area contributed by atoms with Crippen molar-refractivity contribution in [2.24, 2.45) is 0 Å². The second kappa shape index (κ2) is 7.57. The maximum Gasteiger partial charge on any atom is 0.283 e. The van der Waals surface area contributed by atoms with Crippen molar-refractivity contribution >= 4 is 40.5 Å². The number of hydrogen-bond acceptors (Lipinski definition) is 7. The van der Waals surface area contributed by atoms with Crippen molar-refractivity contribution in [1.29, 1.82) is 0 Å². The summed E-state index contributed by atoms with van der Waals surface area (Å²) in [5.41, 5.74) is -0.0383. The number of imide groups is 1. The zero-order valence-corrected chi connectivity index (χ0v) is 15.5. The molecule has 0 spiro atoms. The molecule has 1 aliphatic rings. The number of nitrogens with one attached hydrogen (secondary N) is 1. The van der Waals surface area contributed by atoms with E-state index in [1.54, 1.807) is 18.2 Å². The average molecular weight is 404 g/mol. The van der Waals surface area contributed by atoms with Gasteiger partial charge in [-0.1, -0.05) is 17.7 Å². The van der Waals surface area contributed by atoms with E-state index in [2.05, 4.69) is 5.32 Å². The van der Waals surface area contributed by atoms with Crippen LogP contribution in [0.2, 0.25) is 0 Å². The molecular formula is C18H14ClN3O6. The minimum atomic E-state index is -0.795. The third kappa shape index (κ3) is 3.35. The molecule has 0 radical (unpaired) electrons. The monoisotopic (exact) mass is 403 g/mol. The van der Waals surface area contributed by atoms with Crippen LogP contribution in [0.4, 0.5) is 17.1 Å². The van der Waals surface area contributed by atoms with E-state index >= 15 is 0 Å². The lowest BCUT2D eigenvalue weighted by Crippen LogP contribution is -2.32. The largest absolute Gasteiger partial charge is 0.497 e. The highest BCUT2D eigenvalue weighted by Crippen LogP contribution is 2.35. The van der Waals surface area contributed by atoms with Crippen molar-refractivity contribution in [2.45, 2.75) is 0 Å². The SMILES string of the molecule is COc1ccc(OC)c(NC2=C(Cl)C(=O)N(c3cccc([N+](=O)[O-])c3)C2=O)c1. The maximum atomic E-state index is 12.8. The number of non-ortho nitro benzene ring substituents is 1. The van der Waals surface area contributed by atoms with Crippen LogP contribution in [0.5, 0.6) is 11.5 Å². The van der Waals surface area contributed by atoms with Gasteiger partial charge in [-0.05, 0) is 18.2 Å². The van der Waals surface area contributed by atoms with Crippen molar-refractivity contribution in [2.75, 3.05) is 24.4 Å². The Kier molecular flexibility index (Phi) is 5.18. The lowest BCUT2D eigenvalue weighted by molar-refractivity contribution is -0.384. The molecule has 0 bridgehead atoms. The van der Waals surface area contributed by atoms with Gasteiger partial charge in [-0.15, -0.1) is 0 Å². The Labute approximate surface area is 164 Å². The van der Waals surface area contributed by atoms with E-state index in [9.17, 15) is 19.7 Å². The first-order valence-electron chi connectivity index (χ1n) is 7.89. The molecule has 0 aromatic heterocycles. The number of amides is 2. The lowest BCUT2D eigenvalue weighted by atomic mass is 10.2. The molecule has 0 saturated carbocycles. The van der Waals surface area contributed by atoms with Crippen molar-refractivity contribution in [3.8, 4) is 11.5 Å². The first-order chi connectivity index (χ1) is 13.4. The summed E-state index contributed by atoms with van der Waals surface area (Å²) in [6.45, 7) is 0. The van der Waals surface area contributed by atoms with Gasteiger partial charge in [0.15, 0.2) is 0 Å². The number of rotatable bonds is 6. The number of ether oxygens (including phenoxy) is 2. The lowest BCUT2D eigenvalue weighted by Gasteiger charge is -2.16. The molecule has 0 aliphatic carbocycles. The number of benzene rings is 2.